The lowest BCUT2D eigenvalue weighted by Crippen LogP contribution is -1.78. The lowest BCUT2D eigenvalue weighted by molar-refractivity contribution is 1.51. The Balaban J connectivity index is 0.000000187. The van der Waals surface area contributed by atoms with Gasteiger partial charge in [0.25, 0.3) is 39.9 Å². The molecule has 32 heteroatoms. The van der Waals surface area contributed by atoms with Gasteiger partial charge in [-0.3, -0.25) is 0 Å². The Bertz CT molecular complexity index is 6980. The molecular weight excluding hydrogens is 1790 g/mol. The molecule has 0 unspecified atom stereocenters. The first-order valence-electron chi connectivity index (χ1n) is 33.6. The Kier molecular flexibility index (Phi) is 24.2. The first-order chi connectivity index (χ1) is 58.6. The number of allylic oxidation sites excluding steroid dienone is 7. The SMILES string of the molecule is [C-]#[N+]/C(C#N)=C\c1ccc(-c2cc3sc(-c4ccc(/C=C(\C#N)[N+]#[C-])s4)c(-c4c(-c5ccc(/C=C(/C#N)[N+]#[C-])s5)sc5cc(-c6ccc(/C=C(\C#N)[N+]#[C-])s6)sc45)c3s2)s1.[C-]#[N+]C(=Cc1ccc(-c2sc3cc(-c4ccc(/C=C(/C#N)[N+]#[C-])s4)sc3c2-c2c(-c3ccc(/C=C(/C#N)[N+]#[C-])s3)sc3cc(-c4ccc(/C=C(\C#N)[N+]#[C-])s4)sc23)s1)[N+]#[C-]. The normalized spacial score (nSPS) is 11.7. The number of nitriles is 7. The fourth-order valence-corrected chi connectivity index (χ4v) is 30.8. The zero-order valence-electron chi connectivity index (χ0n) is 59.9. The first-order valence-corrected chi connectivity index (χ1v) is 46.6. The summed E-state index contributed by atoms with van der Waals surface area (Å²) >= 11 is 25.5. The third-order valence-corrected chi connectivity index (χ3v) is 36.4. The molecule has 556 valence electrons. The van der Waals surface area contributed by atoms with E-state index in [2.05, 4.69) is 67.9 Å². The monoisotopic (exact) mass is 1820 g/mol. The van der Waals surface area contributed by atoms with E-state index in [4.69, 9.17) is 59.1 Å². The zero-order valence-corrected chi connectivity index (χ0v) is 72.9. The largest absolute Gasteiger partial charge is 0.520 e. The summed E-state index contributed by atoms with van der Waals surface area (Å²) in [5.41, 5.74) is 4.30. The van der Waals surface area contributed by atoms with Crippen molar-refractivity contribution < 1.29 is 0 Å². The molecular formula is C88H28N16S16. The third kappa shape index (κ3) is 16.6. The van der Waals surface area contributed by atoms with Crippen molar-refractivity contribution in [1.29, 1.82) is 36.8 Å². The second-order valence-electron chi connectivity index (χ2n) is 24.1. The molecule has 0 atom stereocenters. The van der Waals surface area contributed by atoms with Gasteiger partial charge in [-0.05, 0) is 164 Å². The highest BCUT2D eigenvalue weighted by Gasteiger charge is 2.32. The van der Waals surface area contributed by atoms with Gasteiger partial charge in [0.05, 0.1) is 127 Å². The van der Waals surface area contributed by atoms with Crippen molar-refractivity contribution in [2.45, 2.75) is 0 Å². The standard InChI is InChI=1S/2C44H14N8S8/c1-48-23(20-45)14-26-6-10-30(53-26)34-18-36-43(57-34)39(41(59-36)32-12-8-28(55-32)16-25(22-47)50-3)40-42(33-13-9-29(56-33)17-38(51-4)52-5)60-37-19-35(58-44(37)40)31-11-7-27(54-31)15-24(21-46)49-2;1-49-23(19-45)13-27-5-9-31(53-27)35-17-37-43(57-35)39(41(59-37)33-11-7-29(55-33)15-25(21-47)51-3)40-42(34-12-8-30(56-34)16-26(22-48)52-4)60-38-18-36(58-44(38)40)32-10-6-28(54-32)14-24(20-46)50-2/h6-19H;5-18H/b23-14+,24-15-,25-16-;23-13-,24-14+,25-15+,26-16-. The van der Waals surface area contributed by atoms with E-state index >= 15 is 0 Å². The summed E-state index contributed by atoms with van der Waals surface area (Å²) in [7, 11) is 0. The number of hydrogen-bond donors (Lipinski definition) is 0. The number of fused-ring (bicyclic) bond motifs is 4. The molecule has 0 aliphatic carbocycles. The van der Waals surface area contributed by atoms with Crippen molar-refractivity contribution in [3.63, 3.8) is 0 Å². The summed E-state index contributed by atoms with van der Waals surface area (Å²) in [6.07, 6.45) is 12.8. The molecule has 16 heterocycles. The summed E-state index contributed by atoms with van der Waals surface area (Å²) in [5, 5.41) is 65.9. The summed E-state index contributed by atoms with van der Waals surface area (Å²) in [4.78, 5) is 52.8. The highest BCUT2D eigenvalue weighted by molar-refractivity contribution is 7.39. The molecule has 16 nitrogen and oxygen atoms in total. The molecule has 0 radical (unpaired) electrons. The van der Waals surface area contributed by atoms with Gasteiger partial charge in [-0.25, -0.2) is 70.7 Å². The fraction of sp³-hybridized carbons (Fsp3) is 0. The van der Waals surface area contributed by atoms with Crippen LogP contribution >= 0.6 is 181 Å². The molecule has 0 bridgehead atoms. The predicted molar refractivity (Wildman–Crippen MR) is 506 cm³/mol. The van der Waals surface area contributed by atoms with Crippen LogP contribution in [-0.2, 0) is 0 Å². The Morgan fingerprint density at radius 1 is 0.208 bits per heavy atom. The molecule has 0 spiro atoms. The lowest BCUT2D eigenvalue weighted by atomic mass is 10.0. The van der Waals surface area contributed by atoms with Gasteiger partial charge in [0.1, 0.15) is 13.1 Å². The molecule has 0 fully saturated rings. The minimum atomic E-state index is -0.0118. The number of thiophene rings is 16. The van der Waals surface area contributed by atoms with Crippen LogP contribution in [0.2, 0.25) is 0 Å². The summed E-state index contributed by atoms with van der Waals surface area (Å²) in [5.74, 6) is -0.0118. The Labute approximate surface area is 747 Å². The van der Waals surface area contributed by atoms with Gasteiger partial charge in [0, 0.05) is 145 Å². The average molecular weight is 1820 g/mol. The molecule has 0 aromatic carbocycles. The van der Waals surface area contributed by atoms with Crippen LogP contribution in [0, 0.1) is 138 Å². The smallest absolute Gasteiger partial charge is 0.227 e. The molecule has 0 aliphatic rings. The van der Waals surface area contributed by atoms with Crippen LogP contribution in [-0.4, -0.2) is 0 Å². The van der Waals surface area contributed by atoms with Crippen molar-refractivity contribution in [3.8, 4) is 143 Å². The van der Waals surface area contributed by atoms with E-state index in [-0.39, 0.29) is 45.7 Å². The number of hydrogen-bond acceptors (Lipinski definition) is 23. The minimum Gasteiger partial charge on any atom is -0.227 e. The second-order valence-corrected chi connectivity index (χ2v) is 41.4. The van der Waals surface area contributed by atoms with Crippen LogP contribution in [0.4, 0.5) is 0 Å². The molecule has 16 aromatic heterocycles. The van der Waals surface area contributed by atoms with Gasteiger partial charge in [0.2, 0.25) is 0 Å². The van der Waals surface area contributed by atoms with Gasteiger partial charge in [-0.15, -0.1) is 181 Å². The molecule has 120 heavy (non-hydrogen) atoms. The van der Waals surface area contributed by atoms with E-state index in [9.17, 15) is 36.8 Å². The molecule has 16 rings (SSSR count). The summed E-state index contributed by atoms with van der Waals surface area (Å²) in [6.45, 7) is 66.4. The van der Waals surface area contributed by atoms with E-state index in [0.717, 1.165) is 177 Å². The van der Waals surface area contributed by atoms with Crippen LogP contribution in [0.5, 0.6) is 0 Å². The van der Waals surface area contributed by atoms with Crippen molar-refractivity contribution in [1.82, 2.24) is 0 Å². The van der Waals surface area contributed by atoms with Gasteiger partial charge >= 0.3 is 5.82 Å². The molecule has 0 N–H and O–H groups in total. The van der Waals surface area contributed by atoms with Crippen molar-refractivity contribution >= 4 is 268 Å². The Hall–Kier alpha value is -14.0. The van der Waals surface area contributed by atoms with Gasteiger partial charge in [-0.1, -0.05) is 0 Å². The summed E-state index contributed by atoms with van der Waals surface area (Å²) in [6, 6.07) is 53.9. The van der Waals surface area contributed by atoms with Crippen LogP contribution in [0.1, 0.15) is 39.0 Å². The Morgan fingerprint density at radius 3 is 0.558 bits per heavy atom. The van der Waals surface area contributed by atoms with Crippen LogP contribution in [0.15, 0.2) is 167 Å². The second kappa shape index (κ2) is 35.8. The predicted octanol–water partition coefficient (Wildman–Crippen LogP) is 32.3. The fourth-order valence-electron chi connectivity index (χ4n) is 11.9. The van der Waals surface area contributed by atoms with E-state index in [1.165, 1.54) is 90.7 Å². The van der Waals surface area contributed by atoms with Crippen molar-refractivity contribution in [3.05, 3.63) is 309 Å². The van der Waals surface area contributed by atoms with Crippen LogP contribution in [0.25, 0.3) is 230 Å². The van der Waals surface area contributed by atoms with Gasteiger partial charge in [-0.2, -0.15) is 9.69 Å². The maximum absolute atomic E-state index is 9.49. The third-order valence-electron chi connectivity index (χ3n) is 16.9. The average Bonchev–Trinajstić information content (AvgIpc) is 1.57. The van der Waals surface area contributed by atoms with Crippen molar-refractivity contribution in [2.24, 2.45) is 0 Å². The molecule has 0 saturated heterocycles. The Morgan fingerprint density at radius 2 is 0.383 bits per heavy atom. The highest BCUT2D eigenvalue weighted by atomic mass is 32.2. The van der Waals surface area contributed by atoms with Crippen LogP contribution < -0.4 is 0 Å². The van der Waals surface area contributed by atoms with E-state index < -0.39 is 0 Å². The topological polar surface area (TPSA) is 206 Å². The minimum absolute atomic E-state index is 0.00213. The molecule has 16 aromatic rings. The lowest BCUT2D eigenvalue weighted by Gasteiger charge is -2.06. The number of nitrogens with zero attached hydrogens (tertiary/aromatic N) is 16. The van der Waals surface area contributed by atoms with Crippen LogP contribution in [0.3, 0.4) is 0 Å². The van der Waals surface area contributed by atoms with Gasteiger partial charge < -0.3 is 0 Å². The maximum Gasteiger partial charge on any atom is 0.520 e. The maximum atomic E-state index is 9.49. The quantitative estimate of drug-likeness (QED) is 0.0599. The summed E-state index contributed by atoms with van der Waals surface area (Å²) < 4.78 is 8.63. The zero-order chi connectivity index (χ0) is 83.8. The molecule has 0 aliphatic heterocycles. The number of rotatable bonds is 18. The van der Waals surface area contributed by atoms with Crippen molar-refractivity contribution in [2.75, 3.05) is 0 Å². The van der Waals surface area contributed by atoms with E-state index in [1.54, 1.807) is 139 Å². The van der Waals surface area contributed by atoms with E-state index in [1.807, 2.05) is 140 Å². The molecule has 0 amide bonds. The van der Waals surface area contributed by atoms with Gasteiger partial charge in [0.15, 0.2) is 0 Å². The first kappa shape index (κ1) is 81.2. The molecule has 0 saturated carbocycles. The highest BCUT2D eigenvalue weighted by Crippen LogP contribution is 2.62. The van der Waals surface area contributed by atoms with E-state index in [0.29, 0.717) is 0 Å².